The number of aliphatic carboxylic acids is 1. The molecule has 5 heteroatoms. The molecule has 1 aromatic rings. The average Bonchev–Trinajstić information content (AvgIpc) is 2.41. The summed E-state index contributed by atoms with van der Waals surface area (Å²) in [6.07, 6.45) is 2.58. The van der Waals surface area contributed by atoms with Gasteiger partial charge in [0.2, 0.25) is 0 Å². The van der Waals surface area contributed by atoms with Gasteiger partial charge in [-0.1, -0.05) is 31.5 Å². The molecule has 1 rings (SSSR count). The fourth-order valence-electron chi connectivity index (χ4n) is 1.98. The van der Waals surface area contributed by atoms with E-state index in [4.69, 9.17) is 21.4 Å². The number of benzene rings is 1. The first kappa shape index (κ1) is 17.5. The van der Waals surface area contributed by atoms with Gasteiger partial charge in [0.1, 0.15) is 0 Å². The molecule has 0 amide bonds. The Labute approximate surface area is 131 Å². The van der Waals surface area contributed by atoms with Crippen LogP contribution in [0.15, 0.2) is 24.3 Å². The van der Waals surface area contributed by atoms with Crippen LogP contribution in [0.1, 0.15) is 19.4 Å². The third kappa shape index (κ3) is 6.19. The van der Waals surface area contributed by atoms with E-state index in [1.807, 2.05) is 18.2 Å². The molecule has 0 bridgehead atoms. The van der Waals surface area contributed by atoms with Crippen molar-refractivity contribution >= 4 is 29.3 Å². The van der Waals surface area contributed by atoms with Crippen LogP contribution in [0.2, 0.25) is 5.02 Å². The predicted octanol–water partition coefficient (Wildman–Crippen LogP) is 3.55. The van der Waals surface area contributed by atoms with Crippen LogP contribution in [0.25, 0.3) is 6.08 Å². The molecule has 1 aromatic carbocycles. The topological polar surface area (TPSA) is 49.8 Å². The van der Waals surface area contributed by atoms with Crippen molar-refractivity contribution in [1.29, 1.82) is 0 Å². The average molecular weight is 312 g/mol. The SMILES string of the molecule is COCCN(CC(C)C)c1ccc(/C=C/C(=O)O)c(Cl)c1. The Balaban J connectivity index is 2.94. The minimum absolute atomic E-state index is 0.521. The Hall–Kier alpha value is -1.52. The van der Waals surface area contributed by atoms with E-state index in [0.717, 1.165) is 24.9 Å². The number of rotatable bonds is 8. The van der Waals surface area contributed by atoms with Gasteiger partial charge in [0.05, 0.1) is 6.61 Å². The summed E-state index contributed by atoms with van der Waals surface area (Å²) in [5.41, 5.74) is 1.71. The Kier molecular flexibility index (Phi) is 7.26. The first-order valence-corrected chi connectivity index (χ1v) is 7.26. The van der Waals surface area contributed by atoms with Gasteiger partial charge in [-0.25, -0.2) is 4.79 Å². The van der Waals surface area contributed by atoms with Crippen molar-refractivity contribution in [1.82, 2.24) is 0 Å². The molecule has 0 fully saturated rings. The Morgan fingerprint density at radius 3 is 2.71 bits per heavy atom. The maximum absolute atomic E-state index is 10.5. The zero-order chi connectivity index (χ0) is 15.8. The van der Waals surface area contributed by atoms with Gasteiger partial charge in [-0.05, 0) is 29.7 Å². The summed E-state index contributed by atoms with van der Waals surface area (Å²) in [5.74, 6) is -0.469. The van der Waals surface area contributed by atoms with E-state index in [-0.39, 0.29) is 0 Å². The van der Waals surface area contributed by atoms with Crippen LogP contribution in [0, 0.1) is 5.92 Å². The zero-order valence-electron chi connectivity index (χ0n) is 12.7. The number of nitrogens with zero attached hydrogens (tertiary/aromatic N) is 1. The number of ether oxygens (including phenoxy) is 1. The first-order chi connectivity index (χ1) is 9.93. The molecule has 21 heavy (non-hydrogen) atoms. The summed E-state index contributed by atoms with van der Waals surface area (Å²) in [7, 11) is 1.68. The van der Waals surface area contributed by atoms with E-state index in [2.05, 4.69) is 18.7 Å². The molecule has 0 saturated heterocycles. The molecule has 0 aliphatic heterocycles. The highest BCUT2D eigenvalue weighted by Gasteiger charge is 2.10. The summed E-state index contributed by atoms with van der Waals surface area (Å²) in [6, 6.07) is 5.64. The maximum atomic E-state index is 10.5. The molecule has 4 nitrogen and oxygen atoms in total. The smallest absolute Gasteiger partial charge is 0.328 e. The van der Waals surface area contributed by atoms with E-state index in [0.29, 0.717) is 23.1 Å². The van der Waals surface area contributed by atoms with Crippen molar-refractivity contribution in [3.8, 4) is 0 Å². The molecule has 0 unspecified atom stereocenters. The maximum Gasteiger partial charge on any atom is 0.328 e. The first-order valence-electron chi connectivity index (χ1n) is 6.88. The highest BCUT2D eigenvalue weighted by Crippen LogP contribution is 2.25. The largest absolute Gasteiger partial charge is 0.478 e. The van der Waals surface area contributed by atoms with Gasteiger partial charge in [0.15, 0.2) is 0 Å². The van der Waals surface area contributed by atoms with Gasteiger partial charge in [0.25, 0.3) is 0 Å². The molecule has 0 aliphatic rings. The van der Waals surface area contributed by atoms with Crippen molar-refractivity contribution in [2.24, 2.45) is 5.92 Å². The van der Waals surface area contributed by atoms with Crippen LogP contribution in [0.5, 0.6) is 0 Å². The molecule has 0 saturated carbocycles. The number of hydrogen-bond donors (Lipinski definition) is 1. The van der Waals surface area contributed by atoms with Gasteiger partial charge in [-0.2, -0.15) is 0 Å². The number of carboxylic acids is 1. The Bertz CT molecular complexity index is 500. The number of halogens is 1. The second kappa shape index (κ2) is 8.70. The van der Waals surface area contributed by atoms with E-state index in [1.165, 1.54) is 6.08 Å². The molecular weight excluding hydrogens is 290 g/mol. The lowest BCUT2D eigenvalue weighted by molar-refractivity contribution is -0.131. The van der Waals surface area contributed by atoms with Crippen LogP contribution >= 0.6 is 11.6 Å². The van der Waals surface area contributed by atoms with E-state index >= 15 is 0 Å². The zero-order valence-corrected chi connectivity index (χ0v) is 13.4. The lowest BCUT2D eigenvalue weighted by Crippen LogP contribution is -2.30. The third-order valence-corrected chi connectivity index (χ3v) is 3.23. The van der Waals surface area contributed by atoms with Crippen molar-refractivity contribution in [3.63, 3.8) is 0 Å². The lowest BCUT2D eigenvalue weighted by atomic mass is 10.1. The van der Waals surface area contributed by atoms with E-state index in [1.54, 1.807) is 7.11 Å². The van der Waals surface area contributed by atoms with Crippen LogP contribution in [0.3, 0.4) is 0 Å². The van der Waals surface area contributed by atoms with E-state index < -0.39 is 5.97 Å². The normalized spacial score (nSPS) is 11.3. The molecular formula is C16H22ClNO3. The highest BCUT2D eigenvalue weighted by atomic mass is 35.5. The highest BCUT2D eigenvalue weighted by molar-refractivity contribution is 6.32. The second-order valence-corrected chi connectivity index (χ2v) is 5.62. The van der Waals surface area contributed by atoms with Crippen LogP contribution in [-0.4, -0.2) is 37.9 Å². The van der Waals surface area contributed by atoms with Gasteiger partial charge in [-0.15, -0.1) is 0 Å². The van der Waals surface area contributed by atoms with Gasteiger partial charge >= 0.3 is 5.97 Å². The van der Waals surface area contributed by atoms with Crippen LogP contribution < -0.4 is 4.90 Å². The van der Waals surface area contributed by atoms with Crippen molar-refractivity contribution in [2.45, 2.75) is 13.8 Å². The van der Waals surface area contributed by atoms with Gasteiger partial charge < -0.3 is 14.7 Å². The molecule has 0 heterocycles. The standard InChI is InChI=1S/C16H22ClNO3/c1-12(2)11-18(8-9-21-3)14-6-4-13(15(17)10-14)5-7-16(19)20/h4-7,10,12H,8-9,11H2,1-3H3,(H,19,20)/b7-5+. The molecule has 0 aliphatic carbocycles. The Morgan fingerprint density at radius 2 is 2.19 bits per heavy atom. The monoisotopic (exact) mass is 311 g/mol. The molecule has 0 spiro atoms. The van der Waals surface area contributed by atoms with Crippen LogP contribution in [-0.2, 0) is 9.53 Å². The molecule has 0 aromatic heterocycles. The summed E-state index contributed by atoms with van der Waals surface area (Å²) in [5, 5.41) is 9.19. The van der Waals surface area contributed by atoms with Crippen LogP contribution in [0.4, 0.5) is 5.69 Å². The van der Waals surface area contributed by atoms with Crippen molar-refractivity contribution in [2.75, 3.05) is 31.7 Å². The quantitative estimate of drug-likeness (QED) is 0.746. The van der Waals surface area contributed by atoms with Gasteiger partial charge in [-0.3, -0.25) is 0 Å². The Morgan fingerprint density at radius 1 is 1.48 bits per heavy atom. The number of carboxylic acid groups (broad SMARTS) is 1. The number of carbonyl (C=O) groups is 1. The summed E-state index contributed by atoms with van der Waals surface area (Å²) >= 11 is 6.23. The van der Waals surface area contributed by atoms with Gasteiger partial charge in [0, 0.05) is 37.0 Å². The van der Waals surface area contributed by atoms with Crippen molar-refractivity contribution < 1.29 is 14.6 Å². The summed E-state index contributed by atoms with van der Waals surface area (Å²) < 4.78 is 5.14. The predicted molar refractivity (Wildman–Crippen MR) is 87.0 cm³/mol. The molecule has 0 atom stereocenters. The second-order valence-electron chi connectivity index (χ2n) is 5.21. The molecule has 1 N–H and O–H groups in total. The molecule has 116 valence electrons. The lowest BCUT2D eigenvalue weighted by Gasteiger charge is -2.27. The number of hydrogen-bond acceptors (Lipinski definition) is 3. The minimum Gasteiger partial charge on any atom is -0.478 e. The van der Waals surface area contributed by atoms with Crippen molar-refractivity contribution in [3.05, 3.63) is 34.9 Å². The van der Waals surface area contributed by atoms with E-state index in [9.17, 15) is 4.79 Å². The molecule has 0 radical (unpaired) electrons. The number of methoxy groups -OCH3 is 1. The fourth-order valence-corrected chi connectivity index (χ4v) is 2.21. The summed E-state index contributed by atoms with van der Waals surface area (Å²) in [4.78, 5) is 12.8. The third-order valence-electron chi connectivity index (χ3n) is 2.91. The number of anilines is 1. The fraction of sp³-hybridized carbons (Fsp3) is 0.438. The minimum atomic E-state index is -0.989. The summed E-state index contributed by atoms with van der Waals surface area (Å²) in [6.45, 7) is 6.65.